The SMILES string of the molecule is CCCN(CC(F)(F)F)c1cccc(Br)c1C(N)=S. The average molecular weight is 355 g/mol. The molecule has 0 fully saturated rings. The molecular weight excluding hydrogens is 341 g/mol. The fraction of sp³-hybridized carbons (Fsp3) is 0.417. The van der Waals surface area contributed by atoms with Gasteiger partial charge in [-0.2, -0.15) is 13.2 Å². The molecule has 0 radical (unpaired) electrons. The lowest BCUT2D eigenvalue weighted by molar-refractivity contribution is -0.119. The van der Waals surface area contributed by atoms with Gasteiger partial charge in [0.25, 0.3) is 0 Å². The summed E-state index contributed by atoms with van der Waals surface area (Å²) in [6, 6.07) is 4.97. The summed E-state index contributed by atoms with van der Waals surface area (Å²) < 4.78 is 38.5. The topological polar surface area (TPSA) is 29.3 Å². The molecule has 1 aromatic rings. The highest BCUT2D eigenvalue weighted by Crippen LogP contribution is 2.30. The molecule has 0 aliphatic rings. The Balaban J connectivity index is 3.22. The van der Waals surface area contributed by atoms with Gasteiger partial charge in [-0.1, -0.05) is 25.2 Å². The van der Waals surface area contributed by atoms with Crippen LogP contribution in [0.15, 0.2) is 22.7 Å². The van der Waals surface area contributed by atoms with Crippen LogP contribution >= 0.6 is 28.1 Å². The van der Waals surface area contributed by atoms with E-state index in [1.54, 1.807) is 18.2 Å². The van der Waals surface area contributed by atoms with Crippen LogP contribution in [0.5, 0.6) is 0 Å². The van der Waals surface area contributed by atoms with E-state index in [0.717, 1.165) is 0 Å². The minimum atomic E-state index is -4.27. The fourth-order valence-corrected chi connectivity index (χ4v) is 2.71. The van der Waals surface area contributed by atoms with Crippen molar-refractivity contribution >= 4 is 38.8 Å². The first-order valence-electron chi connectivity index (χ1n) is 5.66. The molecule has 0 spiro atoms. The van der Waals surface area contributed by atoms with Gasteiger partial charge in [-0.3, -0.25) is 0 Å². The molecule has 1 aromatic carbocycles. The summed E-state index contributed by atoms with van der Waals surface area (Å²) in [5, 5.41) is 0. The highest BCUT2D eigenvalue weighted by atomic mass is 79.9. The lowest BCUT2D eigenvalue weighted by atomic mass is 10.1. The van der Waals surface area contributed by atoms with E-state index >= 15 is 0 Å². The maximum atomic E-state index is 12.6. The average Bonchev–Trinajstić information content (AvgIpc) is 2.25. The second-order valence-electron chi connectivity index (χ2n) is 4.03. The van der Waals surface area contributed by atoms with E-state index in [2.05, 4.69) is 15.9 Å². The van der Waals surface area contributed by atoms with Crippen molar-refractivity contribution in [3.8, 4) is 0 Å². The summed E-state index contributed by atoms with van der Waals surface area (Å²) in [7, 11) is 0. The summed E-state index contributed by atoms with van der Waals surface area (Å²) in [5.41, 5.74) is 6.45. The van der Waals surface area contributed by atoms with E-state index in [1.165, 1.54) is 4.90 Å². The summed E-state index contributed by atoms with van der Waals surface area (Å²) in [6.07, 6.45) is -3.68. The van der Waals surface area contributed by atoms with Crippen LogP contribution < -0.4 is 10.6 Å². The Morgan fingerprint density at radius 1 is 1.42 bits per heavy atom. The van der Waals surface area contributed by atoms with Crippen molar-refractivity contribution in [3.63, 3.8) is 0 Å². The second kappa shape index (κ2) is 6.56. The zero-order chi connectivity index (χ0) is 14.6. The third-order valence-electron chi connectivity index (χ3n) is 2.44. The van der Waals surface area contributed by atoms with Gasteiger partial charge in [0.1, 0.15) is 11.5 Å². The van der Waals surface area contributed by atoms with Crippen molar-refractivity contribution in [1.29, 1.82) is 0 Å². The minimum Gasteiger partial charge on any atom is -0.389 e. The van der Waals surface area contributed by atoms with Gasteiger partial charge in [-0.25, -0.2) is 0 Å². The van der Waals surface area contributed by atoms with Crippen LogP contribution in [-0.2, 0) is 0 Å². The molecule has 0 aliphatic carbocycles. The molecule has 7 heteroatoms. The van der Waals surface area contributed by atoms with Crippen molar-refractivity contribution < 1.29 is 13.2 Å². The van der Waals surface area contributed by atoms with Gasteiger partial charge >= 0.3 is 6.18 Å². The van der Waals surface area contributed by atoms with Gasteiger partial charge in [0.2, 0.25) is 0 Å². The van der Waals surface area contributed by atoms with E-state index in [-0.39, 0.29) is 11.5 Å². The molecule has 0 heterocycles. The van der Waals surface area contributed by atoms with Crippen molar-refractivity contribution in [1.82, 2.24) is 0 Å². The largest absolute Gasteiger partial charge is 0.405 e. The number of nitrogens with zero attached hydrogens (tertiary/aromatic N) is 1. The minimum absolute atomic E-state index is 0.0748. The molecule has 19 heavy (non-hydrogen) atoms. The molecule has 0 amide bonds. The Bertz CT molecular complexity index is 463. The maximum absolute atomic E-state index is 12.6. The van der Waals surface area contributed by atoms with Crippen molar-refractivity contribution in [2.45, 2.75) is 19.5 Å². The normalized spacial score (nSPS) is 11.4. The zero-order valence-electron chi connectivity index (χ0n) is 10.3. The monoisotopic (exact) mass is 354 g/mol. The molecule has 0 aliphatic heterocycles. The van der Waals surface area contributed by atoms with Gasteiger partial charge in [-0.05, 0) is 34.5 Å². The zero-order valence-corrected chi connectivity index (χ0v) is 12.7. The third-order valence-corrected chi connectivity index (χ3v) is 3.31. The molecule has 106 valence electrons. The summed E-state index contributed by atoms with van der Waals surface area (Å²) in [5.74, 6) is 0. The van der Waals surface area contributed by atoms with Crippen LogP contribution in [0.25, 0.3) is 0 Å². The number of hydrogen-bond donors (Lipinski definition) is 1. The lowest BCUT2D eigenvalue weighted by Crippen LogP contribution is -2.36. The first-order valence-corrected chi connectivity index (χ1v) is 6.86. The van der Waals surface area contributed by atoms with E-state index in [4.69, 9.17) is 18.0 Å². The summed E-state index contributed by atoms with van der Waals surface area (Å²) >= 11 is 8.19. The quantitative estimate of drug-likeness (QED) is 0.814. The predicted molar refractivity (Wildman–Crippen MR) is 78.6 cm³/mol. The smallest absolute Gasteiger partial charge is 0.389 e. The van der Waals surface area contributed by atoms with E-state index in [1.807, 2.05) is 6.92 Å². The van der Waals surface area contributed by atoms with E-state index in [0.29, 0.717) is 22.1 Å². The van der Waals surface area contributed by atoms with Crippen molar-refractivity contribution in [2.75, 3.05) is 18.0 Å². The standard InChI is InChI=1S/C12H14BrF3N2S/c1-2-6-18(7-12(14,15)16)9-5-3-4-8(13)10(9)11(17)19/h3-5H,2,6-7H2,1H3,(H2,17,19). The Labute approximate surface area is 123 Å². The van der Waals surface area contributed by atoms with Gasteiger partial charge in [0, 0.05) is 22.3 Å². The second-order valence-corrected chi connectivity index (χ2v) is 5.33. The summed E-state index contributed by atoms with van der Waals surface area (Å²) in [6.45, 7) is 1.08. The molecule has 0 atom stereocenters. The molecule has 0 saturated heterocycles. The van der Waals surface area contributed by atoms with Gasteiger partial charge in [0.15, 0.2) is 0 Å². The molecule has 1 rings (SSSR count). The van der Waals surface area contributed by atoms with Crippen LogP contribution in [0.3, 0.4) is 0 Å². The number of anilines is 1. The third kappa shape index (κ3) is 4.65. The number of alkyl halides is 3. The molecule has 0 unspecified atom stereocenters. The van der Waals surface area contributed by atoms with Crippen molar-refractivity contribution in [3.05, 3.63) is 28.2 Å². The molecule has 0 bridgehead atoms. The predicted octanol–water partition coefficient (Wildman–Crippen LogP) is 3.86. The lowest BCUT2D eigenvalue weighted by Gasteiger charge is -2.28. The Hall–Kier alpha value is -0.820. The van der Waals surface area contributed by atoms with Crippen LogP contribution in [0, 0.1) is 0 Å². The van der Waals surface area contributed by atoms with Crippen molar-refractivity contribution in [2.24, 2.45) is 5.73 Å². The van der Waals surface area contributed by atoms with E-state index < -0.39 is 12.7 Å². The number of halogens is 4. The van der Waals surface area contributed by atoms with Crippen LogP contribution in [0.1, 0.15) is 18.9 Å². The Morgan fingerprint density at radius 2 is 2.05 bits per heavy atom. The number of rotatable bonds is 5. The first-order chi connectivity index (χ1) is 8.76. The van der Waals surface area contributed by atoms with Gasteiger partial charge < -0.3 is 10.6 Å². The Morgan fingerprint density at radius 3 is 2.53 bits per heavy atom. The Kier molecular flexibility index (Phi) is 5.61. The molecule has 2 nitrogen and oxygen atoms in total. The van der Waals surface area contributed by atoms with Gasteiger partial charge in [0.05, 0.1) is 0 Å². The molecule has 2 N–H and O–H groups in total. The number of hydrogen-bond acceptors (Lipinski definition) is 2. The molecule has 0 saturated carbocycles. The highest BCUT2D eigenvalue weighted by molar-refractivity contribution is 9.10. The van der Waals surface area contributed by atoms with Gasteiger partial charge in [-0.15, -0.1) is 0 Å². The number of nitrogens with two attached hydrogens (primary N) is 1. The van der Waals surface area contributed by atoms with Crippen LogP contribution in [-0.4, -0.2) is 24.3 Å². The first kappa shape index (κ1) is 16.2. The summed E-state index contributed by atoms with van der Waals surface area (Å²) in [4.78, 5) is 1.32. The van der Waals surface area contributed by atoms with Crippen LogP contribution in [0.2, 0.25) is 0 Å². The van der Waals surface area contributed by atoms with E-state index in [9.17, 15) is 13.2 Å². The molecular formula is C12H14BrF3N2S. The fourth-order valence-electron chi connectivity index (χ4n) is 1.79. The number of thiocarbonyl (C=S) groups is 1. The number of benzene rings is 1. The maximum Gasteiger partial charge on any atom is 0.405 e. The van der Waals surface area contributed by atoms with Crippen LogP contribution in [0.4, 0.5) is 18.9 Å². The highest BCUT2D eigenvalue weighted by Gasteiger charge is 2.31. The molecule has 0 aromatic heterocycles.